The topological polar surface area (TPSA) is 41.1 Å². The third-order valence-corrected chi connectivity index (χ3v) is 5.27. The summed E-state index contributed by atoms with van der Waals surface area (Å²) in [5.41, 5.74) is 1.67. The van der Waals surface area contributed by atoms with Crippen molar-refractivity contribution in [2.45, 2.75) is 18.4 Å². The molecule has 0 bridgehead atoms. The minimum absolute atomic E-state index is 0. The summed E-state index contributed by atoms with van der Waals surface area (Å²) in [7, 11) is 0. The highest BCUT2D eigenvalue weighted by molar-refractivity contribution is 6.42. The van der Waals surface area contributed by atoms with E-state index < -0.39 is 0 Å². The summed E-state index contributed by atoms with van der Waals surface area (Å²) in [6, 6.07) is 12.6. The van der Waals surface area contributed by atoms with Gasteiger partial charge in [0.15, 0.2) is 0 Å². The van der Waals surface area contributed by atoms with Crippen LogP contribution in [0.5, 0.6) is 0 Å². The van der Waals surface area contributed by atoms with Crippen LogP contribution >= 0.6 is 47.2 Å². The summed E-state index contributed by atoms with van der Waals surface area (Å²) < 4.78 is 0. The zero-order valence-electron chi connectivity index (χ0n) is 13.3. The van der Waals surface area contributed by atoms with Crippen LogP contribution in [0.2, 0.25) is 15.1 Å². The highest BCUT2D eigenvalue weighted by atomic mass is 35.5. The van der Waals surface area contributed by atoms with Gasteiger partial charge in [0.05, 0.1) is 10.0 Å². The van der Waals surface area contributed by atoms with E-state index in [2.05, 4.69) is 10.6 Å². The van der Waals surface area contributed by atoms with Gasteiger partial charge in [-0.3, -0.25) is 4.79 Å². The average molecular weight is 420 g/mol. The predicted molar refractivity (Wildman–Crippen MR) is 107 cm³/mol. The number of hydrogen-bond donors (Lipinski definition) is 2. The summed E-state index contributed by atoms with van der Waals surface area (Å²) in [6.45, 7) is 1.65. The summed E-state index contributed by atoms with van der Waals surface area (Å²) in [5.74, 6) is 0.0494. The van der Waals surface area contributed by atoms with Gasteiger partial charge in [0.1, 0.15) is 0 Å². The van der Waals surface area contributed by atoms with E-state index in [4.69, 9.17) is 34.8 Å². The van der Waals surface area contributed by atoms with Crippen LogP contribution in [0, 0.1) is 0 Å². The average Bonchev–Trinajstić information content (AvgIpc) is 2.58. The van der Waals surface area contributed by atoms with Gasteiger partial charge in [-0.15, -0.1) is 12.4 Å². The second kappa shape index (κ2) is 9.11. The van der Waals surface area contributed by atoms with Crippen LogP contribution < -0.4 is 10.6 Å². The van der Waals surface area contributed by atoms with Crippen molar-refractivity contribution in [3.05, 3.63) is 68.7 Å². The first kappa shape index (κ1) is 20.3. The molecule has 0 aliphatic carbocycles. The maximum absolute atomic E-state index is 12.5. The van der Waals surface area contributed by atoms with Crippen LogP contribution in [0.3, 0.4) is 0 Å². The van der Waals surface area contributed by atoms with Gasteiger partial charge < -0.3 is 10.6 Å². The molecule has 1 saturated heterocycles. The molecule has 2 N–H and O–H groups in total. The Labute approximate surface area is 168 Å². The van der Waals surface area contributed by atoms with Gasteiger partial charge in [-0.25, -0.2) is 0 Å². The number of carbonyl (C=O) groups is 1. The van der Waals surface area contributed by atoms with Crippen molar-refractivity contribution in [1.29, 1.82) is 0 Å². The Morgan fingerprint density at radius 3 is 2.44 bits per heavy atom. The van der Waals surface area contributed by atoms with E-state index in [1.54, 1.807) is 30.3 Å². The first-order valence-electron chi connectivity index (χ1n) is 7.76. The highest BCUT2D eigenvalue weighted by Gasteiger charge is 2.28. The Bertz CT molecular complexity index is 736. The minimum atomic E-state index is -0.0939. The highest BCUT2D eigenvalue weighted by Crippen LogP contribution is 2.30. The summed E-state index contributed by atoms with van der Waals surface area (Å²) in [6.07, 6.45) is 0.851. The van der Waals surface area contributed by atoms with E-state index in [0.717, 1.165) is 25.1 Å². The summed E-state index contributed by atoms with van der Waals surface area (Å²) >= 11 is 18.0. The van der Waals surface area contributed by atoms with E-state index in [1.165, 1.54) is 0 Å². The lowest BCUT2D eigenvalue weighted by molar-refractivity contribution is 0.0923. The fourth-order valence-corrected chi connectivity index (χ4v) is 3.41. The van der Waals surface area contributed by atoms with E-state index in [1.807, 2.05) is 12.1 Å². The largest absolute Gasteiger partial charge is 0.349 e. The minimum Gasteiger partial charge on any atom is -0.349 e. The molecule has 25 heavy (non-hydrogen) atoms. The normalized spacial score (nSPS) is 19.8. The molecule has 1 heterocycles. The standard InChI is InChI=1S/C18H17Cl3N2O.ClH/c19-13-4-1-11(2-5-13)18(24)23-17-7-8-22-10-14(17)12-3-6-15(20)16(21)9-12;/h1-6,9,14,17,22H,7-8,10H2,(H,23,24);1H/t14-,17?;/m0./s1. The zero-order chi connectivity index (χ0) is 17.1. The SMILES string of the molecule is Cl.O=C(NC1CCNC[C@H]1c1ccc(Cl)c(Cl)c1)c1ccc(Cl)cc1. The van der Waals surface area contributed by atoms with Crippen molar-refractivity contribution in [3.63, 3.8) is 0 Å². The molecule has 0 saturated carbocycles. The lowest BCUT2D eigenvalue weighted by atomic mass is 9.86. The molecule has 0 spiro atoms. The molecular formula is C18H18Cl4N2O. The van der Waals surface area contributed by atoms with Gasteiger partial charge in [-0.2, -0.15) is 0 Å². The second-order valence-corrected chi connectivity index (χ2v) is 7.11. The third-order valence-electron chi connectivity index (χ3n) is 4.28. The fourth-order valence-electron chi connectivity index (χ4n) is 2.98. The molecule has 0 radical (unpaired) electrons. The molecule has 3 rings (SSSR count). The number of carbonyl (C=O) groups excluding carboxylic acids is 1. The molecule has 2 aromatic rings. The smallest absolute Gasteiger partial charge is 0.251 e. The monoisotopic (exact) mass is 418 g/mol. The lowest BCUT2D eigenvalue weighted by Gasteiger charge is -2.33. The number of hydrogen-bond acceptors (Lipinski definition) is 2. The third kappa shape index (κ3) is 5.02. The Morgan fingerprint density at radius 2 is 1.76 bits per heavy atom. The molecule has 1 amide bonds. The second-order valence-electron chi connectivity index (χ2n) is 5.86. The van der Waals surface area contributed by atoms with Crippen molar-refractivity contribution in [1.82, 2.24) is 10.6 Å². The summed E-state index contributed by atoms with van der Waals surface area (Å²) in [4.78, 5) is 12.5. The van der Waals surface area contributed by atoms with Gasteiger partial charge in [0.2, 0.25) is 0 Å². The van der Waals surface area contributed by atoms with Crippen LogP contribution in [0.15, 0.2) is 42.5 Å². The fraction of sp³-hybridized carbons (Fsp3) is 0.278. The van der Waals surface area contributed by atoms with Gasteiger partial charge in [0.25, 0.3) is 5.91 Å². The molecule has 7 heteroatoms. The van der Waals surface area contributed by atoms with Crippen molar-refractivity contribution < 1.29 is 4.79 Å². The molecule has 134 valence electrons. The van der Waals surface area contributed by atoms with Crippen LogP contribution in [-0.2, 0) is 0 Å². The maximum Gasteiger partial charge on any atom is 0.251 e. The van der Waals surface area contributed by atoms with Gasteiger partial charge in [-0.1, -0.05) is 40.9 Å². The number of nitrogens with one attached hydrogen (secondary N) is 2. The van der Waals surface area contributed by atoms with Crippen LogP contribution in [0.1, 0.15) is 28.3 Å². The lowest BCUT2D eigenvalue weighted by Crippen LogP contribution is -2.48. The van der Waals surface area contributed by atoms with Gasteiger partial charge >= 0.3 is 0 Å². The van der Waals surface area contributed by atoms with Gasteiger partial charge in [-0.05, 0) is 54.9 Å². The molecule has 3 nitrogen and oxygen atoms in total. The molecule has 1 aliphatic rings. The first-order valence-corrected chi connectivity index (χ1v) is 8.90. The van der Waals surface area contributed by atoms with Crippen molar-refractivity contribution in [2.75, 3.05) is 13.1 Å². The Balaban J connectivity index is 0.00000225. The maximum atomic E-state index is 12.5. The Kier molecular flexibility index (Phi) is 7.41. The first-order chi connectivity index (χ1) is 11.5. The van der Waals surface area contributed by atoms with Crippen molar-refractivity contribution >= 4 is 53.1 Å². The predicted octanol–water partition coefficient (Wildman–Crippen LogP) is 4.94. The molecule has 2 aromatic carbocycles. The zero-order valence-corrected chi connectivity index (χ0v) is 16.4. The van der Waals surface area contributed by atoms with E-state index >= 15 is 0 Å². The van der Waals surface area contributed by atoms with Crippen LogP contribution in [0.25, 0.3) is 0 Å². The molecule has 1 aliphatic heterocycles. The van der Waals surface area contributed by atoms with Crippen LogP contribution in [0.4, 0.5) is 0 Å². The van der Waals surface area contributed by atoms with Gasteiger partial charge in [0, 0.05) is 29.1 Å². The number of halogens is 4. The molecule has 0 aromatic heterocycles. The van der Waals surface area contributed by atoms with Crippen molar-refractivity contribution in [3.8, 4) is 0 Å². The molecular weight excluding hydrogens is 402 g/mol. The molecule has 1 unspecified atom stereocenters. The Morgan fingerprint density at radius 1 is 1.04 bits per heavy atom. The Hall–Kier alpha value is -0.970. The van der Waals surface area contributed by atoms with Crippen molar-refractivity contribution in [2.24, 2.45) is 0 Å². The number of amides is 1. The van der Waals surface area contributed by atoms with E-state index in [-0.39, 0.29) is 30.3 Å². The van der Waals surface area contributed by atoms with E-state index in [0.29, 0.717) is 20.6 Å². The molecule has 1 fully saturated rings. The van der Waals surface area contributed by atoms with E-state index in [9.17, 15) is 4.79 Å². The molecule has 2 atom stereocenters. The van der Waals surface area contributed by atoms with Crippen LogP contribution in [-0.4, -0.2) is 25.0 Å². The number of benzene rings is 2. The summed E-state index contributed by atoms with van der Waals surface area (Å²) in [5, 5.41) is 8.19. The number of piperidine rings is 1. The number of rotatable bonds is 3. The quantitative estimate of drug-likeness (QED) is 0.739.